The second kappa shape index (κ2) is 8.02. The van der Waals surface area contributed by atoms with Crippen LogP contribution in [0.25, 0.3) is 0 Å². The van der Waals surface area contributed by atoms with E-state index in [1.165, 1.54) is 0 Å². The van der Waals surface area contributed by atoms with Crippen LogP contribution in [0.2, 0.25) is 5.02 Å². The number of nitrogens with one attached hydrogen (secondary N) is 2. The maximum Gasteiger partial charge on any atom is 0.234 e. The van der Waals surface area contributed by atoms with Gasteiger partial charge in [-0.15, -0.1) is 0 Å². The summed E-state index contributed by atoms with van der Waals surface area (Å²) in [5.74, 6) is 0.630. The number of amides is 1. The minimum Gasteiger partial charge on any atom is -0.496 e. The van der Waals surface area contributed by atoms with Crippen LogP contribution in [0.4, 0.5) is 0 Å². The van der Waals surface area contributed by atoms with Crippen molar-refractivity contribution in [1.29, 1.82) is 0 Å². The summed E-state index contributed by atoms with van der Waals surface area (Å²) in [4.78, 5) is 11.7. The van der Waals surface area contributed by atoms with Gasteiger partial charge in [-0.1, -0.05) is 24.6 Å². The maximum atomic E-state index is 11.7. The van der Waals surface area contributed by atoms with E-state index in [1.54, 1.807) is 13.2 Å². The largest absolute Gasteiger partial charge is 0.496 e. The Hall–Kier alpha value is -1.26. The van der Waals surface area contributed by atoms with Crippen molar-refractivity contribution in [3.8, 4) is 5.75 Å². The number of hydrogen-bond acceptors (Lipinski definition) is 3. The third kappa shape index (κ3) is 5.09. The lowest BCUT2D eigenvalue weighted by atomic mass is 10.2. The van der Waals surface area contributed by atoms with Crippen LogP contribution in [0.3, 0.4) is 0 Å². The van der Waals surface area contributed by atoms with E-state index in [-0.39, 0.29) is 5.91 Å². The van der Waals surface area contributed by atoms with Crippen LogP contribution in [-0.4, -0.2) is 25.6 Å². The van der Waals surface area contributed by atoms with Crippen molar-refractivity contribution in [1.82, 2.24) is 10.6 Å². The number of ether oxygens (including phenoxy) is 1. The zero-order valence-corrected chi connectivity index (χ0v) is 12.4. The van der Waals surface area contributed by atoms with Crippen molar-refractivity contribution in [2.45, 2.75) is 32.9 Å². The van der Waals surface area contributed by atoms with E-state index < -0.39 is 0 Å². The van der Waals surface area contributed by atoms with Gasteiger partial charge < -0.3 is 15.4 Å². The van der Waals surface area contributed by atoms with E-state index >= 15 is 0 Å². The fourth-order valence-corrected chi connectivity index (χ4v) is 1.80. The van der Waals surface area contributed by atoms with Crippen LogP contribution < -0.4 is 15.4 Å². The first-order chi connectivity index (χ1) is 9.08. The predicted molar refractivity (Wildman–Crippen MR) is 77.6 cm³/mol. The molecule has 2 N–H and O–H groups in total. The van der Waals surface area contributed by atoms with Gasteiger partial charge in [0.25, 0.3) is 0 Å². The molecule has 1 atom stereocenters. The second-order valence-corrected chi connectivity index (χ2v) is 4.79. The molecule has 0 saturated carbocycles. The van der Waals surface area contributed by atoms with Gasteiger partial charge in [0.15, 0.2) is 0 Å². The fourth-order valence-electron chi connectivity index (χ4n) is 1.56. The minimum absolute atomic E-state index is 0.0535. The van der Waals surface area contributed by atoms with Crippen molar-refractivity contribution in [2.75, 3.05) is 13.7 Å². The lowest BCUT2D eigenvalue weighted by molar-refractivity contribution is -0.120. The van der Waals surface area contributed by atoms with Crippen LogP contribution in [-0.2, 0) is 11.3 Å². The Kier molecular flexibility index (Phi) is 6.67. The number of halogens is 1. The van der Waals surface area contributed by atoms with Crippen molar-refractivity contribution >= 4 is 17.5 Å². The summed E-state index contributed by atoms with van der Waals surface area (Å²) < 4.78 is 5.22. The lowest BCUT2D eigenvalue weighted by Gasteiger charge is -2.13. The van der Waals surface area contributed by atoms with Crippen molar-refractivity contribution in [3.05, 3.63) is 28.8 Å². The summed E-state index contributed by atoms with van der Waals surface area (Å²) in [7, 11) is 1.58. The summed E-state index contributed by atoms with van der Waals surface area (Å²) in [6.45, 7) is 4.79. The summed E-state index contributed by atoms with van der Waals surface area (Å²) in [6, 6.07) is 5.76. The molecule has 0 spiro atoms. The van der Waals surface area contributed by atoms with E-state index in [0.717, 1.165) is 12.0 Å². The van der Waals surface area contributed by atoms with Crippen LogP contribution in [0.1, 0.15) is 25.8 Å². The van der Waals surface area contributed by atoms with Gasteiger partial charge in [0.1, 0.15) is 5.75 Å². The van der Waals surface area contributed by atoms with Gasteiger partial charge in [-0.25, -0.2) is 0 Å². The van der Waals surface area contributed by atoms with Gasteiger partial charge in [-0.05, 0) is 25.5 Å². The van der Waals surface area contributed by atoms with Gasteiger partial charge in [-0.3, -0.25) is 4.79 Å². The Morgan fingerprint density at radius 3 is 2.84 bits per heavy atom. The van der Waals surface area contributed by atoms with E-state index in [2.05, 4.69) is 17.6 Å². The molecule has 0 aliphatic rings. The molecule has 0 fully saturated rings. The molecule has 0 heterocycles. The molecule has 19 heavy (non-hydrogen) atoms. The number of methoxy groups -OCH3 is 1. The SMILES string of the molecule is CCC(C)NCC(=O)NCc1c(Cl)cccc1OC. The first kappa shape index (κ1) is 15.8. The Morgan fingerprint density at radius 1 is 1.47 bits per heavy atom. The van der Waals surface area contributed by atoms with Gasteiger partial charge in [0.2, 0.25) is 5.91 Å². The van der Waals surface area contributed by atoms with Gasteiger partial charge in [0, 0.05) is 23.2 Å². The molecule has 0 saturated heterocycles. The number of benzene rings is 1. The molecule has 1 unspecified atom stereocenters. The molecule has 106 valence electrons. The summed E-state index contributed by atoms with van der Waals surface area (Å²) in [5.41, 5.74) is 0.795. The molecule has 0 aliphatic heterocycles. The first-order valence-electron chi connectivity index (χ1n) is 6.40. The standard InChI is InChI=1S/C14H21ClN2O2/c1-4-10(2)16-9-14(18)17-8-11-12(15)6-5-7-13(11)19-3/h5-7,10,16H,4,8-9H2,1-3H3,(H,17,18). The molecule has 0 radical (unpaired) electrons. The highest BCUT2D eigenvalue weighted by atomic mass is 35.5. The molecular formula is C14H21ClN2O2. The normalized spacial score (nSPS) is 12.0. The lowest BCUT2D eigenvalue weighted by Crippen LogP contribution is -2.37. The third-order valence-electron chi connectivity index (χ3n) is 2.98. The number of rotatable bonds is 7. The maximum absolute atomic E-state index is 11.7. The zero-order valence-electron chi connectivity index (χ0n) is 11.6. The molecule has 0 bridgehead atoms. The summed E-state index contributed by atoms with van der Waals surface area (Å²) in [5, 5.41) is 6.56. The molecule has 5 heteroatoms. The Labute approximate surface area is 119 Å². The zero-order chi connectivity index (χ0) is 14.3. The van der Waals surface area contributed by atoms with Gasteiger partial charge in [0.05, 0.1) is 13.7 Å². The van der Waals surface area contributed by atoms with E-state index in [4.69, 9.17) is 16.3 Å². The Morgan fingerprint density at radius 2 is 2.21 bits per heavy atom. The molecule has 1 amide bonds. The minimum atomic E-state index is -0.0535. The summed E-state index contributed by atoms with van der Waals surface area (Å²) >= 11 is 6.09. The number of carbonyl (C=O) groups excluding carboxylic acids is 1. The average Bonchev–Trinajstić information content (AvgIpc) is 2.42. The molecule has 4 nitrogen and oxygen atoms in total. The average molecular weight is 285 g/mol. The highest BCUT2D eigenvalue weighted by molar-refractivity contribution is 6.31. The van der Waals surface area contributed by atoms with E-state index in [9.17, 15) is 4.79 Å². The van der Waals surface area contributed by atoms with E-state index in [1.807, 2.05) is 19.1 Å². The highest BCUT2D eigenvalue weighted by Crippen LogP contribution is 2.25. The fraction of sp³-hybridized carbons (Fsp3) is 0.500. The highest BCUT2D eigenvalue weighted by Gasteiger charge is 2.09. The van der Waals surface area contributed by atoms with E-state index in [0.29, 0.717) is 29.9 Å². The van der Waals surface area contributed by atoms with Crippen molar-refractivity contribution in [3.63, 3.8) is 0 Å². The Balaban J connectivity index is 2.50. The van der Waals surface area contributed by atoms with Gasteiger partial charge in [-0.2, -0.15) is 0 Å². The monoisotopic (exact) mass is 284 g/mol. The van der Waals surface area contributed by atoms with Crippen LogP contribution in [0, 0.1) is 0 Å². The summed E-state index contributed by atoms with van der Waals surface area (Å²) in [6.07, 6.45) is 0.992. The second-order valence-electron chi connectivity index (χ2n) is 4.39. The quantitative estimate of drug-likeness (QED) is 0.808. The third-order valence-corrected chi connectivity index (χ3v) is 3.34. The number of hydrogen-bond donors (Lipinski definition) is 2. The molecular weight excluding hydrogens is 264 g/mol. The first-order valence-corrected chi connectivity index (χ1v) is 6.77. The smallest absolute Gasteiger partial charge is 0.234 e. The van der Waals surface area contributed by atoms with Gasteiger partial charge >= 0.3 is 0 Å². The number of carbonyl (C=O) groups is 1. The molecule has 1 aromatic rings. The molecule has 0 aliphatic carbocycles. The van der Waals surface area contributed by atoms with Crippen LogP contribution >= 0.6 is 11.6 Å². The Bertz CT molecular complexity index is 424. The van der Waals surface area contributed by atoms with Crippen molar-refractivity contribution in [2.24, 2.45) is 0 Å². The molecule has 1 rings (SSSR count). The van der Waals surface area contributed by atoms with Crippen molar-refractivity contribution < 1.29 is 9.53 Å². The molecule has 1 aromatic carbocycles. The predicted octanol–water partition coefficient (Wildman–Crippen LogP) is 2.35. The van der Waals surface area contributed by atoms with Crippen LogP contribution in [0.5, 0.6) is 5.75 Å². The topological polar surface area (TPSA) is 50.4 Å². The van der Waals surface area contributed by atoms with Crippen LogP contribution in [0.15, 0.2) is 18.2 Å². The molecule has 0 aromatic heterocycles.